The Labute approximate surface area is 328 Å². The first-order valence-electron chi connectivity index (χ1n) is 20.6. The van der Waals surface area contributed by atoms with E-state index in [0.29, 0.717) is 13.0 Å². The minimum Gasteiger partial charge on any atom is -0.457 e. The molecule has 0 amide bonds. The Morgan fingerprint density at radius 1 is 0.574 bits per heavy atom. The first-order chi connectivity index (χ1) is 26.3. The van der Waals surface area contributed by atoms with E-state index in [1.54, 1.807) is 0 Å². The second kappa shape index (κ2) is 40.3. The molecule has 0 aromatic heterocycles. The number of aliphatic hydroxyl groups is 2. The molecule has 0 spiro atoms. The van der Waals surface area contributed by atoms with Gasteiger partial charge in [-0.2, -0.15) is 0 Å². The van der Waals surface area contributed by atoms with Crippen LogP contribution in [0.15, 0.2) is 85.1 Å². The molecule has 0 aliphatic rings. The number of rotatable bonds is 38. The number of hydrogen-bond acceptors (Lipinski definition) is 8. The van der Waals surface area contributed by atoms with Crippen LogP contribution in [0.1, 0.15) is 142 Å². The first-order valence-corrected chi connectivity index (χ1v) is 22.1. The van der Waals surface area contributed by atoms with Gasteiger partial charge in [-0.05, 0) is 83.5 Å². The number of hydrogen-bond donors (Lipinski definition) is 3. The Morgan fingerprint density at radius 3 is 1.50 bits per heavy atom. The maximum Gasteiger partial charge on any atom is 0.472 e. The first kappa shape index (κ1) is 51.6. The van der Waals surface area contributed by atoms with Gasteiger partial charge in [-0.25, -0.2) is 4.57 Å². The minimum atomic E-state index is -4.53. The summed E-state index contributed by atoms with van der Waals surface area (Å²) in [5, 5.41) is 18.3. The van der Waals surface area contributed by atoms with Crippen LogP contribution >= 0.6 is 7.82 Å². The van der Waals surface area contributed by atoms with Gasteiger partial charge in [-0.1, -0.05) is 137 Å². The lowest BCUT2D eigenvalue weighted by Crippen LogP contribution is -2.29. The highest BCUT2D eigenvalue weighted by molar-refractivity contribution is 7.47. The largest absolute Gasteiger partial charge is 0.472 e. The van der Waals surface area contributed by atoms with Gasteiger partial charge in [0, 0.05) is 13.0 Å². The third-order valence-electron chi connectivity index (χ3n) is 8.08. The van der Waals surface area contributed by atoms with E-state index in [0.717, 1.165) is 89.9 Å². The molecule has 0 saturated carbocycles. The van der Waals surface area contributed by atoms with Gasteiger partial charge in [-0.3, -0.25) is 13.8 Å². The Hall–Kier alpha value is -2.36. The summed E-state index contributed by atoms with van der Waals surface area (Å²) >= 11 is 0. The van der Waals surface area contributed by atoms with Crippen molar-refractivity contribution in [1.82, 2.24) is 0 Å². The molecule has 3 unspecified atom stereocenters. The second-order valence-corrected chi connectivity index (χ2v) is 14.7. The maximum atomic E-state index is 12.6. The molecule has 310 valence electrons. The summed E-state index contributed by atoms with van der Waals surface area (Å²) < 4.78 is 33.3. The van der Waals surface area contributed by atoms with Crippen LogP contribution in [0.3, 0.4) is 0 Å². The van der Waals surface area contributed by atoms with E-state index < -0.39 is 45.8 Å². The van der Waals surface area contributed by atoms with E-state index in [1.165, 1.54) is 25.7 Å². The van der Waals surface area contributed by atoms with Crippen LogP contribution < -0.4 is 0 Å². The van der Waals surface area contributed by atoms with E-state index >= 15 is 0 Å². The van der Waals surface area contributed by atoms with Crippen LogP contribution in [0, 0.1) is 0 Å². The predicted molar refractivity (Wildman–Crippen MR) is 223 cm³/mol. The second-order valence-electron chi connectivity index (χ2n) is 13.2. The summed E-state index contributed by atoms with van der Waals surface area (Å²) in [6, 6.07) is 0. The highest BCUT2D eigenvalue weighted by atomic mass is 31.2. The molecule has 3 N–H and O–H groups in total. The van der Waals surface area contributed by atoms with Crippen LogP contribution in [-0.4, -0.2) is 66.3 Å². The van der Waals surface area contributed by atoms with Gasteiger partial charge >= 0.3 is 13.8 Å². The minimum absolute atomic E-state index is 0.0242. The molecular formula is C44H75O9P. The fraction of sp³-hybridized carbons (Fsp3) is 0.659. The standard InChI is InChI=1S/C44H75O9P/c1-3-5-7-9-11-13-15-17-18-19-20-21-22-23-25-27-29-31-33-35-37-50-40-43(41-52-54(48,49)51-39-42(46)38-45)53-44(47)36-34-32-30-28-26-24-16-14-12-10-8-6-4-2/h5-8,11-14,17-18,20-21,24,26,42-43,45-46H,3-4,9-10,15-16,19,22-23,25,27-41H2,1-2H3,(H,48,49)/b7-5-,8-6-,13-11-,14-12-,18-17-,21-20-,26-24-. The zero-order valence-corrected chi connectivity index (χ0v) is 34.5. The van der Waals surface area contributed by atoms with Crippen molar-refractivity contribution in [3.05, 3.63) is 85.1 Å². The molecule has 10 heteroatoms. The van der Waals surface area contributed by atoms with Gasteiger partial charge < -0.3 is 24.6 Å². The van der Waals surface area contributed by atoms with E-state index in [-0.39, 0.29) is 13.0 Å². The van der Waals surface area contributed by atoms with Crippen molar-refractivity contribution in [2.45, 2.75) is 154 Å². The summed E-state index contributed by atoms with van der Waals surface area (Å²) in [5.41, 5.74) is 0. The molecule has 0 aliphatic heterocycles. The normalized spacial score (nSPS) is 15.0. The van der Waals surface area contributed by atoms with E-state index in [1.807, 2.05) is 0 Å². The van der Waals surface area contributed by atoms with Crippen molar-refractivity contribution in [3.63, 3.8) is 0 Å². The topological polar surface area (TPSA) is 132 Å². The Balaban J connectivity index is 4.25. The number of phosphoric ester groups is 1. The smallest absolute Gasteiger partial charge is 0.457 e. The Bertz CT molecular complexity index is 1110. The van der Waals surface area contributed by atoms with Gasteiger partial charge in [0.25, 0.3) is 0 Å². The molecule has 3 atom stereocenters. The van der Waals surface area contributed by atoms with Crippen LogP contribution in [0.4, 0.5) is 0 Å². The average molecular weight is 779 g/mol. The molecule has 0 heterocycles. The Kier molecular flexibility index (Phi) is 38.5. The molecule has 0 rings (SSSR count). The van der Waals surface area contributed by atoms with Crippen molar-refractivity contribution in [2.24, 2.45) is 0 Å². The molecule has 0 fully saturated rings. The number of esters is 1. The van der Waals surface area contributed by atoms with E-state index in [4.69, 9.17) is 23.6 Å². The predicted octanol–water partition coefficient (Wildman–Crippen LogP) is 11.1. The van der Waals surface area contributed by atoms with Crippen LogP contribution in [-0.2, 0) is 27.9 Å². The number of carbonyl (C=O) groups is 1. The van der Waals surface area contributed by atoms with Gasteiger partial charge in [0.15, 0.2) is 0 Å². The summed E-state index contributed by atoms with van der Waals surface area (Å²) in [5.74, 6) is -0.420. The molecule has 0 saturated heterocycles. The maximum absolute atomic E-state index is 12.6. The summed E-state index contributed by atoms with van der Waals surface area (Å²) in [6.45, 7) is 3.19. The molecule has 0 aromatic carbocycles. The van der Waals surface area contributed by atoms with Crippen LogP contribution in [0.5, 0.6) is 0 Å². The lowest BCUT2D eigenvalue weighted by Gasteiger charge is -2.20. The Morgan fingerprint density at radius 2 is 1.00 bits per heavy atom. The molecule has 9 nitrogen and oxygen atoms in total. The number of ether oxygens (including phenoxy) is 2. The van der Waals surface area contributed by atoms with Crippen LogP contribution in [0.25, 0.3) is 0 Å². The molecule has 54 heavy (non-hydrogen) atoms. The fourth-order valence-electron chi connectivity index (χ4n) is 5.01. The number of unbranched alkanes of at least 4 members (excludes halogenated alkanes) is 10. The van der Waals surface area contributed by atoms with Crippen LogP contribution in [0.2, 0.25) is 0 Å². The lowest BCUT2D eigenvalue weighted by atomic mass is 10.1. The van der Waals surface area contributed by atoms with Gasteiger partial charge in [0.05, 0.1) is 26.4 Å². The van der Waals surface area contributed by atoms with Crippen molar-refractivity contribution < 1.29 is 43.0 Å². The molecule has 0 bridgehead atoms. The molecule has 0 radical (unpaired) electrons. The summed E-state index contributed by atoms with van der Waals surface area (Å²) in [6.07, 6.45) is 48.3. The van der Waals surface area contributed by atoms with Gasteiger partial charge in [0.1, 0.15) is 12.2 Å². The zero-order valence-electron chi connectivity index (χ0n) is 33.7. The number of aliphatic hydroxyl groups excluding tert-OH is 2. The molecule has 0 aliphatic carbocycles. The summed E-state index contributed by atoms with van der Waals surface area (Å²) in [7, 11) is -4.53. The molecular weight excluding hydrogens is 703 g/mol. The van der Waals surface area contributed by atoms with E-state index in [9.17, 15) is 19.4 Å². The monoisotopic (exact) mass is 779 g/mol. The average Bonchev–Trinajstić information content (AvgIpc) is 3.16. The van der Waals surface area contributed by atoms with Crippen molar-refractivity contribution in [1.29, 1.82) is 0 Å². The zero-order chi connectivity index (χ0) is 39.6. The lowest BCUT2D eigenvalue weighted by molar-refractivity contribution is -0.154. The van der Waals surface area contributed by atoms with Crippen molar-refractivity contribution in [3.8, 4) is 0 Å². The highest BCUT2D eigenvalue weighted by Crippen LogP contribution is 2.43. The van der Waals surface area contributed by atoms with E-state index in [2.05, 4.69) is 98.9 Å². The third kappa shape index (κ3) is 39.3. The van der Waals surface area contributed by atoms with Crippen molar-refractivity contribution >= 4 is 13.8 Å². The van der Waals surface area contributed by atoms with Crippen molar-refractivity contribution in [2.75, 3.05) is 33.0 Å². The third-order valence-corrected chi connectivity index (χ3v) is 9.03. The fourth-order valence-corrected chi connectivity index (χ4v) is 5.80. The number of allylic oxidation sites excluding steroid dienone is 14. The number of carbonyl (C=O) groups excluding carboxylic acids is 1. The SMILES string of the molecule is CC/C=C\C/C=C\C/C=C\C/C=C\CCCCCCCCCOCC(COP(=O)(O)OCC(O)CO)OC(=O)CCCCC/C=C\C/C=C\C/C=C\CC. The highest BCUT2D eigenvalue weighted by Gasteiger charge is 2.26. The van der Waals surface area contributed by atoms with Gasteiger partial charge in [0.2, 0.25) is 0 Å². The summed E-state index contributed by atoms with van der Waals surface area (Å²) in [4.78, 5) is 22.5. The quantitative estimate of drug-likeness (QED) is 0.0242. The number of phosphoric acid groups is 1. The molecule has 0 aromatic rings. The van der Waals surface area contributed by atoms with Gasteiger partial charge in [-0.15, -0.1) is 0 Å².